The number of sulfonamides is 1. The number of hydrogen-bond donors (Lipinski definition) is 1. The molecule has 0 fully saturated rings. The normalized spacial score (nSPS) is 11.7. The van der Waals surface area contributed by atoms with Gasteiger partial charge < -0.3 is 9.47 Å². The fourth-order valence-electron chi connectivity index (χ4n) is 1.32. The summed E-state index contributed by atoms with van der Waals surface area (Å²) in [6.45, 7) is 2.79. The number of halogens is 1. The van der Waals surface area contributed by atoms with Crippen LogP contribution >= 0.6 is 0 Å². The molecular weight excluding hydrogens is 273 g/mol. The number of nitrogens with one attached hydrogen (secondary N) is 1. The summed E-state index contributed by atoms with van der Waals surface area (Å²) in [7, 11) is -2.14. The lowest BCUT2D eigenvalue weighted by Crippen LogP contribution is -2.28. The van der Waals surface area contributed by atoms with Crippen LogP contribution in [0.25, 0.3) is 0 Å². The lowest BCUT2D eigenvalue weighted by molar-refractivity contribution is 0.0736. The first-order chi connectivity index (χ1) is 8.97. The fourth-order valence-corrected chi connectivity index (χ4v) is 2.34. The summed E-state index contributed by atoms with van der Waals surface area (Å²) in [4.78, 5) is -0.0903. The second kappa shape index (κ2) is 7.54. The first kappa shape index (κ1) is 16.0. The average Bonchev–Trinajstić information content (AvgIpc) is 2.36. The largest absolute Gasteiger partial charge is 0.382 e. The molecule has 0 aliphatic carbocycles. The molecule has 1 aromatic rings. The Bertz CT molecular complexity index is 504. The molecule has 0 atom stereocenters. The summed E-state index contributed by atoms with van der Waals surface area (Å²) >= 11 is 0. The van der Waals surface area contributed by atoms with Gasteiger partial charge in [-0.05, 0) is 24.6 Å². The Morgan fingerprint density at radius 3 is 2.63 bits per heavy atom. The molecule has 0 saturated heterocycles. The number of methoxy groups -OCH3 is 1. The van der Waals surface area contributed by atoms with E-state index < -0.39 is 15.8 Å². The number of ether oxygens (including phenoxy) is 2. The standard InChI is InChI=1S/C12H18FNO4S/c1-10-3-4-11(9-12(10)13)19(15,16)14-5-6-18-8-7-17-2/h3-4,9,14H,5-8H2,1-2H3. The SMILES string of the molecule is COCCOCCNS(=O)(=O)c1ccc(C)c(F)c1. The van der Waals surface area contributed by atoms with E-state index in [1.165, 1.54) is 12.1 Å². The van der Waals surface area contributed by atoms with Crippen LogP contribution in [0.15, 0.2) is 23.1 Å². The minimum absolute atomic E-state index is 0.0903. The molecule has 7 heteroatoms. The Kier molecular flexibility index (Phi) is 6.36. The zero-order valence-electron chi connectivity index (χ0n) is 11.0. The van der Waals surface area contributed by atoms with Crippen molar-refractivity contribution < 1.29 is 22.3 Å². The monoisotopic (exact) mass is 291 g/mol. The molecule has 0 saturated carbocycles. The van der Waals surface area contributed by atoms with Crippen LogP contribution in [0.5, 0.6) is 0 Å². The molecule has 0 amide bonds. The van der Waals surface area contributed by atoms with E-state index in [0.717, 1.165) is 6.07 Å². The van der Waals surface area contributed by atoms with Gasteiger partial charge in [-0.15, -0.1) is 0 Å². The van der Waals surface area contributed by atoms with Crippen molar-refractivity contribution in [1.82, 2.24) is 4.72 Å². The lowest BCUT2D eigenvalue weighted by Gasteiger charge is -2.08. The van der Waals surface area contributed by atoms with Gasteiger partial charge in [-0.25, -0.2) is 17.5 Å². The molecule has 5 nitrogen and oxygen atoms in total. The van der Waals surface area contributed by atoms with Crippen molar-refractivity contribution in [3.05, 3.63) is 29.6 Å². The Morgan fingerprint density at radius 2 is 2.00 bits per heavy atom. The summed E-state index contributed by atoms with van der Waals surface area (Å²) in [6, 6.07) is 3.80. The minimum atomic E-state index is -3.69. The van der Waals surface area contributed by atoms with Crippen molar-refractivity contribution >= 4 is 10.0 Å². The van der Waals surface area contributed by atoms with Gasteiger partial charge in [-0.1, -0.05) is 6.07 Å². The lowest BCUT2D eigenvalue weighted by atomic mass is 10.2. The third-order valence-electron chi connectivity index (χ3n) is 2.42. The van der Waals surface area contributed by atoms with E-state index in [0.29, 0.717) is 18.8 Å². The topological polar surface area (TPSA) is 64.6 Å². The van der Waals surface area contributed by atoms with Crippen LogP contribution in [-0.4, -0.2) is 41.9 Å². The van der Waals surface area contributed by atoms with Gasteiger partial charge in [0.25, 0.3) is 0 Å². The molecule has 0 radical (unpaired) electrons. The molecule has 0 unspecified atom stereocenters. The van der Waals surface area contributed by atoms with Gasteiger partial charge in [-0.3, -0.25) is 0 Å². The van der Waals surface area contributed by atoms with Crippen molar-refractivity contribution in [1.29, 1.82) is 0 Å². The molecule has 19 heavy (non-hydrogen) atoms. The maximum atomic E-state index is 13.3. The van der Waals surface area contributed by atoms with Crippen LogP contribution < -0.4 is 4.72 Å². The third-order valence-corrected chi connectivity index (χ3v) is 3.88. The van der Waals surface area contributed by atoms with Crippen LogP contribution in [0.1, 0.15) is 5.56 Å². The van der Waals surface area contributed by atoms with Crippen LogP contribution in [-0.2, 0) is 19.5 Å². The minimum Gasteiger partial charge on any atom is -0.382 e. The van der Waals surface area contributed by atoms with E-state index in [4.69, 9.17) is 9.47 Å². The van der Waals surface area contributed by atoms with Crippen molar-refractivity contribution in [2.45, 2.75) is 11.8 Å². The van der Waals surface area contributed by atoms with Gasteiger partial charge in [-0.2, -0.15) is 0 Å². The van der Waals surface area contributed by atoms with Gasteiger partial charge in [0, 0.05) is 13.7 Å². The molecule has 0 aromatic heterocycles. The second-order valence-electron chi connectivity index (χ2n) is 3.91. The Balaban J connectivity index is 2.49. The summed E-state index contributed by atoms with van der Waals surface area (Å²) in [5, 5.41) is 0. The van der Waals surface area contributed by atoms with Crippen molar-refractivity contribution in [2.24, 2.45) is 0 Å². The Labute approximate surface area is 112 Å². The summed E-state index contributed by atoms with van der Waals surface area (Å²) in [5.41, 5.74) is 0.404. The molecule has 0 aliphatic heterocycles. The predicted octanol–water partition coefficient (Wildman–Crippen LogP) is 1.08. The van der Waals surface area contributed by atoms with Crippen LogP contribution in [0.4, 0.5) is 4.39 Å². The van der Waals surface area contributed by atoms with E-state index in [2.05, 4.69) is 4.72 Å². The van der Waals surface area contributed by atoms with E-state index >= 15 is 0 Å². The molecule has 1 rings (SSSR count). The predicted molar refractivity (Wildman–Crippen MR) is 69.0 cm³/mol. The maximum Gasteiger partial charge on any atom is 0.240 e. The van der Waals surface area contributed by atoms with Gasteiger partial charge in [0.05, 0.1) is 24.7 Å². The quantitative estimate of drug-likeness (QED) is 0.728. The van der Waals surface area contributed by atoms with E-state index in [-0.39, 0.29) is 18.0 Å². The Hall–Kier alpha value is -1.02. The highest BCUT2D eigenvalue weighted by molar-refractivity contribution is 7.89. The zero-order valence-corrected chi connectivity index (χ0v) is 11.8. The first-order valence-corrected chi connectivity index (χ1v) is 7.28. The summed E-state index contributed by atoms with van der Waals surface area (Å²) in [6.07, 6.45) is 0. The fraction of sp³-hybridized carbons (Fsp3) is 0.500. The van der Waals surface area contributed by atoms with E-state index in [1.54, 1.807) is 14.0 Å². The molecule has 0 bridgehead atoms. The number of rotatable bonds is 8. The van der Waals surface area contributed by atoms with Crippen LogP contribution in [0, 0.1) is 12.7 Å². The highest BCUT2D eigenvalue weighted by atomic mass is 32.2. The molecule has 1 aromatic carbocycles. The maximum absolute atomic E-state index is 13.3. The second-order valence-corrected chi connectivity index (χ2v) is 5.68. The molecule has 0 heterocycles. The van der Waals surface area contributed by atoms with Crippen molar-refractivity contribution in [2.75, 3.05) is 33.5 Å². The van der Waals surface area contributed by atoms with Crippen LogP contribution in [0.2, 0.25) is 0 Å². The first-order valence-electron chi connectivity index (χ1n) is 5.80. The van der Waals surface area contributed by atoms with E-state index in [1.807, 2.05) is 0 Å². The Morgan fingerprint density at radius 1 is 1.26 bits per heavy atom. The highest BCUT2D eigenvalue weighted by Gasteiger charge is 2.14. The third kappa shape index (κ3) is 5.23. The van der Waals surface area contributed by atoms with E-state index in [9.17, 15) is 12.8 Å². The number of aryl methyl sites for hydroxylation is 1. The highest BCUT2D eigenvalue weighted by Crippen LogP contribution is 2.13. The molecule has 1 N–H and O–H groups in total. The van der Waals surface area contributed by atoms with Crippen molar-refractivity contribution in [3.8, 4) is 0 Å². The molecular formula is C12H18FNO4S. The van der Waals surface area contributed by atoms with Crippen LogP contribution in [0.3, 0.4) is 0 Å². The molecule has 108 valence electrons. The van der Waals surface area contributed by atoms with Gasteiger partial charge >= 0.3 is 0 Å². The van der Waals surface area contributed by atoms with Crippen molar-refractivity contribution in [3.63, 3.8) is 0 Å². The van der Waals surface area contributed by atoms with Gasteiger partial charge in [0.15, 0.2) is 0 Å². The summed E-state index contributed by atoms with van der Waals surface area (Å²) < 4.78 is 49.2. The smallest absolute Gasteiger partial charge is 0.240 e. The van der Waals surface area contributed by atoms with Gasteiger partial charge in [0.1, 0.15) is 5.82 Å². The molecule has 0 spiro atoms. The number of hydrogen-bond acceptors (Lipinski definition) is 4. The van der Waals surface area contributed by atoms with Gasteiger partial charge in [0.2, 0.25) is 10.0 Å². The zero-order chi connectivity index (χ0) is 14.3. The summed E-state index contributed by atoms with van der Waals surface area (Å²) in [5.74, 6) is -0.542. The number of benzene rings is 1. The molecule has 0 aliphatic rings. The average molecular weight is 291 g/mol.